The van der Waals surface area contributed by atoms with Gasteiger partial charge in [0.25, 0.3) is 0 Å². The molecule has 0 aromatic heterocycles. The molecule has 7 nitrogen and oxygen atoms in total. The first-order valence-corrected chi connectivity index (χ1v) is 10.8. The second kappa shape index (κ2) is 8.94. The molecule has 1 aliphatic heterocycles. The molecule has 0 bridgehead atoms. The molecule has 0 radical (unpaired) electrons. The van der Waals surface area contributed by atoms with Gasteiger partial charge in [-0.15, -0.1) is 0 Å². The molecule has 1 N–H and O–H groups in total. The molecule has 0 spiro atoms. The largest absolute Gasteiger partial charge is 0.322 e. The number of halogens is 3. The highest BCUT2D eigenvalue weighted by Gasteiger charge is 2.38. The van der Waals surface area contributed by atoms with Crippen molar-refractivity contribution in [2.24, 2.45) is 0 Å². The van der Waals surface area contributed by atoms with Crippen LogP contribution >= 0.6 is 34.8 Å². The fourth-order valence-corrected chi connectivity index (χ4v) is 3.97. The SMILES string of the molecule is O=C(CN(C(=O)Nc1c(Cl)cccc1Cl)C1CC1)N1CC(=O)N(c2ccc(Cl)cc2)C1. The van der Waals surface area contributed by atoms with Crippen molar-refractivity contribution in [3.05, 3.63) is 57.5 Å². The summed E-state index contributed by atoms with van der Waals surface area (Å²) >= 11 is 18.2. The predicted molar refractivity (Wildman–Crippen MR) is 121 cm³/mol. The molecule has 2 aromatic rings. The second-order valence-corrected chi connectivity index (χ2v) is 8.67. The zero-order valence-corrected chi connectivity index (χ0v) is 18.6. The van der Waals surface area contributed by atoms with Crippen LogP contribution in [0.15, 0.2) is 42.5 Å². The van der Waals surface area contributed by atoms with Gasteiger partial charge in [-0.1, -0.05) is 40.9 Å². The van der Waals surface area contributed by atoms with Crippen molar-refractivity contribution in [1.82, 2.24) is 9.80 Å². The number of carbonyl (C=O) groups is 3. The lowest BCUT2D eigenvalue weighted by Gasteiger charge is -2.25. The van der Waals surface area contributed by atoms with Crippen molar-refractivity contribution in [1.29, 1.82) is 0 Å². The minimum absolute atomic E-state index is 0.0316. The van der Waals surface area contributed by atoms with E-state index in [1.807, 2.05) is 0 Å². The van der Waals surface area contributed by atoms with Gasteiger partial charge in [-0.2, -0.15) is 0 Å². The maximum atomic E-state index is 12.9. The van der Waals surface area contributed by atoms with Crippen molar-refractivity contribution in [2.45, 2.75) is 18.9 Å². The van der Waals surface area contributed by atoms with Gasteiger partial charge in [0.1, 0.15) is 19.8 Å². The quantitative estimate of drug-likeness (QED) is 0.684. The van der Waals surface area contributed by atoms with Gasteiger partial charge in [-0.3, -0.25) is 14.5 Å². The Morgan fingerprint density at radius 1 is 1.03 bits per heavy atom. The number of hydrogen-bond acceptors (Lipinski definition) is 3. The van der Waals surface area contributed by atoms with Crippen LogP contribution in [0.1, 0.15) is 12.8 Å². The van der Waals surface area contributed by atoms with E-state index < -0.39 is 6.03 Å². The monoisotopic (exact) mass is 480 g/mol. The van der Waals surface area contributed by atoms with Gasteiger partial charge in [-0.05, 0) is 49.2 Å². The summed E-state index contributed by atoms with van der Waals surface area (Å²) in [5, 5.41) is 3.89. The predicted octanol–water partition coefficient (Wildman–Crippen LogP) is 4.48. The average Bonchev–Trinajstić information content (AvgIpc) is 3.50. The van der Waals surface area contributed by atoms with E-state index in [1.54, 1.807) is 42.5 Å². The van der Waals surface area contributed by atoms with Crippen LogP contribution in [-0.2, 0) is 9.59 Å². The Bertz CT molecular complexity index is 1010. The van der Waals surface area contributed by atoms with E-state index in [0.717, 1.165) is 12.8 Å². The number of benzene rings is 2. The molecular weight excluding hydrogens is 463 g/mol. The Balaban J connectivity index is 1.43. The molecule has 1 saturated heterocycles. The Morgan fingerprint density at radius 3 is 2.29 bits per heavy atom. The lowest BCUT2D eigenvalue weighted by Crippen LogP contribution is -2.45. The molecular formula is C21H19Cl3N4O3. The van der Waals surface area contributed by atoms with Crippen LogP contribution in [0.25, 0.3) is 0 Å². The van der Waals surface area contributed by atoms with Crippen LogP contribution in [-0.4, -0.2) is 53.4 Å². The van der Waals surface area contributed by atoms with E-state index in [2.05, 4.69) is 5.32 Å². The van der Waals surface area contributed by atoms with Crippen LogP contribution in [0, 0.1) is 0 Å². The number of urea groups is 1. The number of rotatable bonds is 5. The Morgan fingerprint density at radius 2 is 1.68 bits per heavy atom. The number of nitrogens with one attached hydrogen (secondary N) is 1. The molecule has 4 amide bonds. The van der Waals surface area contributed by atoms with Crippen LogP contribution in [0.2, 0.25) is 15.1 Å². The summed E-state index contributed by atoms with van der Waals surface area (Å²) in [6, 6.07) is 11.3. The van der Waals surface area contributed by atoms with Crippen LogP contribution in [0.3, 0.4) is 0 Å². The molecule has 1 aliphatic carbocycles. The summed E-state index contributed by atoms with van der Waals surface area (Å²) in [5.74, 6) is -0.502. The van der Waals surface area contributed by atoms with Crippen LogP contribution in [0.5, 0.6) is 0 Å². The Hall–Kier alpha value is -2.48. The third-order valence-corrected chi connectivity index (χ3v) is 6.06. The molecule has 1 heterocycles. The maximum Gasteiger partial charge on any atom is 0.322 e. The highest BCUT2D eigenvalue weighted by molar-refractivity contribution is 6.39. The lowest BCUT2D eigenvalue weighted by atomic mass is 10.3. The van der Waals surface area contributed by atoms with E-state index in [-0.39, 0.29) is 37.6 Å². The fourth-order valence-electron chi connectivity index (χ4n) is 3.36. The van der Waals surface area contributed by atoms with Gasteiger partial charge in [0.15, 0.2) is 0 Å². The Kier molecular flexibility index (Phi) is 6.27. The smallest absolute Gasteiger partial charge is 0.314 e. The fraction of sp³-hybridized carbons (Fsp3) is 0.286. The second-order valence-electron chi connectivity index (χ2n) is 7.42. The minimum Gasteiger partial charge on any atom is -0.314 e. The van der Waals surface area contributed by atoms with E-state index in [4.69, 9.17) is 34.8 Å². The van der Waals surface area contributed by atoms with E-state index >= 15 is 0 Å². The van der Waals surface area contributed by atoms with Crippen molar-refractivity contribution in [2.75, 3.05) is 30.0 Å². The summed E-state index contributed by atoms with van der Waals surface area (Å²) in [6.07, 6.45) is 1.62. The van der Waals surface area contributed by atoms with Crippen molar-refractivity contribution < 1.29 is 14.4 Å². The molecule has 10 heteroatoms. The zero-order chi connectivity index (χ0) is 22.1. The van der Waals surface area contributed by atoms with E-state index in [0.29, 0.717) is 26.4 Å². The average molecular weight is 482 g/mol. The summed E-state index contributed by atoms with van der Waals surface area (Å²) < 4.78 is 0. The summed E-state index contributed by atoms with van der Waals surface area (Å²) in [5.41, 5.74) is 0.967. The first kappa shape index (κ1) is 21.7. The third-order valence-electron chi connectivity index (χ3n) is 5.18. The molecule has 2 fully saturated rings. The summed E-state index contributed by atoms with van der Waals surface area (Å²) in [7, 11) is 0. The van der Waals surface area contributed by atoms with Crippen molar-refractivity contribution >= 4 is 64.0 Å². The first-order valence-electron chi connectivity index (χ1n) is 9.69. The molecule has 0 unspecified atom stereocenters. The molecule has 162 valence electrons. The number of anilines is 2. The van der Waals surface area contributed by atoms with Gasteiger partial charge < -0.3 is 15.1 Å². The topological polar surface area (TPSA) is 73.0 Å². The minimum atomic E-state index is -0.453. The van der Waals surface area contributed by atoms with Gasteiger partial charge in [0.05, 0.1) is 15.7 Å². The number of nitrogens with zero attached hydrogens (tertiary/aromatic N) is 3. The molecule has 2 aliphatic rings. The number of amides is 4. The van der Waals surface area contributed by atoms with Crippen LogP contribution in [0.4, 0.5) is 16.2 Å². The molecule has 1 saturated carbocycles. The molecule has 2 aromatic carbocycles. The number of carbonyl (C=O) groups excluding carboxylic acids is 3. The molecule has 0 atom stereocenters. The van der Waals surface area contributed by atoms with Gasteiger partial charge in [0, 0.05) is 16.8 Å². The first-order chi connectivity index (χ1) is 14.8. The van der Waals surface area contributed by atoms with Crippen molar-refractivity contribution in [3.63, 3.8) is 0 Å². The molecule has 4 rings (SSSR count). The Labute approximate surface area is 194 Å². The summed E-state index contributed by atoms with van der Waals surface area (Å²) in [4.78, 5) is 42.6. The van der Waals surface area contributed by atoms with Crippen molar-refractivity contribution in [3.8, 4) is 0 Å². The third kappa shape index (κ3) is 4.89. The maximum absolute atomic E-state index is 12.9. The number of hydrogen-bond donors (Lipinski definition) is 1. The van der Waals surface area contributed by atoms with Gasteiger partial charge in [-0.25, -0.2) is 4.79 Å². The number of para-hydroxylation sites is 1. The highest BCUT2D eigenvalue weighted by atomic mass is 35.5. The summed E-state index contributed by atoms with van der Waals surface area (Å²) in [6.45, 7) is -0.0615. The standard InChI is InChI=1S/C21H19Cl3N4O3/c22-13-4-6-15(7-5-13)28-12-26(10-19(28)30)18(29)11-27(14-8-9-14)21(31)25-20-16(23)2-1-3-17(20)24/h1-7,14H,8-12H2,(H,25,31). The normalized spacial score (nSPS) is 15.9. The lowest BCUT2D eigenvalue weighted by molar-refractivity contribution is -0.132. The molecule has 31 heavy (non-hydrogen) atoms. The van der Waals surface area contributed by atoms with Crippen LogP contribution < -0.4 is 10.2 Å². The van der Waals surface area contributed by atoms with E-state index in [9.17, 15) is 14.4 Å². The highest BCUT2D eigenvalue weighted by Crippen LogP contribution is 2.32. The zero-order valence-electron chi connectivity index (χ0n) is 16.4. The van der Waals surface area contributed by atoms with E-state index in [1.165, 1.54) is 14.7 Å². The van der Waals surface area contributed by atoms with Gasteiger partial charge >= 0.3 is 6.03 Å². The van der Waals surface area contributed by atoms with Gasteiger partial charge in [0.2, 0.25) is 11.8 Å².